The van der Waals surface area contributed by atoms with E-state index in [1.165, 1.54) is 17.7 Å². The third-order valence-corrected chi connectivity index (χ3v) is 5.47. The Balaban J connectivity index is 1.54. The zero-order valence-corrected chi connectivity index (χ0v) is 15.3. The number of anilines is 2. The van der Waals surface area contributed by atoms with Crippen molar-refractivity contribution in [2.24, 2.45) is 0 Å². The van der Waals surface area contributed by atoms with E-state index in [0.717, 1.165) is 35.4 Å². The molecular weight excluding hydrogens is 370 g/mol. The van der Waals surface area contributed by atoms with E-state index in [2.05, 4.69) is 15.3 Å². The van der Waals surface area contributed by atoms with E-state index >= 15 is 0 Å². The van der Waals surface area contributed by atoms with E-state index < -0.39 is 6.43 Å². The van der Waals surface area contributed by atoms with Gasteiger partial charge in [-0.3, -0.25) is 4.79 Å². The predicted octanol–water partition coefficient (Wildman–Crippen LogP) is 4.11. The quantitative estimate of drug-likeness (QED) is 0.715. The zero-order chi connectivity index (χ0) is 18.8. The minimum Gasteiger partial charge on any atom is -0.344 e. The number of nitrogens with zero attached hydrogens (tertiary/aromatic N) is 3. The molecule has 1 atom stereocenters. The molecule has 3 heterocycles. The Morgan fingerprint density at radius 2 is 2.22 bits per heavy atom. The first-order chi connectivity index (χ1) is 13.1. The summed E-state index contributed by atoms with van der Waals surface area (Å²) in [6.07, 6.45) is 0.398. The van der Waals surface area contributed by atoms with Crippen LogP contribution < -0.4 is 10.2 Å². The third kappa shape index (κ3) is 3.75. The highest BCUT2D eigenvalue weighted by molar-refractivity contribution is 7.16. The van der Waals surface area contributed by atoms with Crippen LogP contribution in [0.25, 0.3) is 10.2 Å². The zero-order valence-electron chi connectivity index (χ0n) is 14.4. The third-order valence-electron chi connectivity index (χ3n) is 4.65. The Kier molecular flexibility index (Phi) is 4.98. The summed E-state index contributed by atoms with van der Waals surface area (Å²) in [7, 11) is 0. The van der Waals surface area contributed by atoms with Gasteiger partial charge in [-0.1, -0.05) is 12.1 Å². The molecule has 5 nitrogen and oxygen atoms in total. The fourth-order valence-corrected chi connectivity index (χ4v) is 4.21. The molecule has 4 rings (SSSR count). The average molecular weight is 388 g/mol. The van der Waals surface area contributed by atoms with Gasteiger partial charge in [0.2, 0.25) is 12.3 Å². The van der Waals surface area contributed by atoms with Crippen molar-refractivity contribution < 1.29 is 13.6 Å². The van der Waals surface area contributed by atoms with Crippen LogP contribution in [0, 0.1) is 0 Å². The van der Waals surface area contributed by atoms with Gasteiger partial charge in [-0.25, -0.2) is 18.7 Å². The fourth-order valence-electron chi connectivity index (χ4n) is 3.48. The fraction of sp³-hybridized carbons (Fsp3) is 0.316. The molecule has 1 fully saturated rings. The lowest BCUT2D eigenvalue weighted by Crippen LogP contribution is -2.40. The van der Waals surface area contributed by atoms with Crippen molar-refractivity contribution in [3.63, 3.8) is 0 Å². The highest BCUT2D eigenvalue weighted by atomic mass is 32.1. The second-order valence-corrected chi connectivity index (χ2v) is 7.37. The highest BCUT2D eigenvalue weighted by Gasteiger charge is 2.32. The van der Waals surface area contributed by atoms with Crippen LogP contribution >= 0.6 is 11.3 Å². The molecule has 2 aromatic heterocycles. The number of carbonyl (C=O) groups excluding carboxylic acids is 1. The Hall–Kier alpha value is -2.61. The van der Waals surface area contributed by atoms with Crippen molar-refractivity contribution in [2.45, 2.75) is 31.7 Å². The molecule has 140 valence electrons. The smallest absolute Gasteiger partial charge is 0.247 e. The highest BCUT2D eigenvalue weighted by Crippen LogP contribution is 2.32. The summed E-state index contributed by atoms with van der Waals surface area (Å²) in [5, 5.41) is 5.78. The van der Waals surface area contributed by atoms with Crippen molar-refractivity contribution in [2.75, 3.05) is 16.8 Å². The molecule has 0 radical (unpaired) electrons. The molecule has 0 aliphatic carbocycles. The molecular formula is C19H18F2N4OS. The van der Waals surface area contributed by atoms with Gasteiger partial charge in [0.25, 0.3) is 0 Å². The SMILES string of the molecule is O=C(Nc1cccc(CC(F)F)c1)C1CCCN1c1ncnc2sccc12. The monoisotopic (exact) mass is 388 g/mol. The van der Waals surface area contributed by atoms with Crippen LogP contribution in [0.3, 0.4) is 0 Å². The van der Waals surface area contributed by atoms with Gasteiger partial charge in [-0.15, -0.1) is 11.3 Å². The van der Waals surface area contributed by atoms with Gasteiger partial charge >= 0.3 is 0 Å². The van der Waals surface area contributed by atoms with Crippen LogP contribution in [0.15, 0.2) is 42.0 Å². The molecule has 1 N–H and O–H groups in total. The van der Waals surface area contributed by atoms with Gasteiger partial charge in [-0.2, -0.15) is 0 Å². The van der Waals surface area contributed by atoms with Gasteiger partial charge in [0.05, 0.1) is 5.39 Å². The molecule has 0 spiro atoms. The Labute approximate surface area is 159 Å². The van der Waals surface area contributed by atoms with Gasteiger partial charge in [0.15, 0.2) is 0 Å². The van der Waals surface area contributed by atoms with Gasteiger partial charge in [0.1, 0.15) is 23.0 Å². The molecule has 3 aromatic rings. The molecule has 0 bridgehead atoms. The number of aromatic nitrogens is 2. The maximum Gasteiger partial charge on any atom is 0.247 e. The van der Waals surface area contributed by atoms with E-state index in [0.29, 0.717) is 11.3 Å². The Bertz CT molecular complexity index is 962. The Morgan fingerprint density at radius 1 is 1.33 bits per heavy atom. The number of hydrogen-bond acceptors (Lipinski definition) is 5. The predicted molar refractivity (Wildman–Crippen MR) is 103 cm³/mol. The summed E-state index contributed by atoms with van der Waals surface area (Å²) in [5.74, 6) is 0.619. The van der Waals surface area contributed by atoms with Crippen LogP contribution in [-0.4, -0.2) is 34.9 Å². The topological polar surface area (TPSA) is 58.1 Å². The summed E-state index contributed by atoms with van der Waals surface area (Å²) in [6, 6.07) is 8.26. The summed E-state index contributed by atoms with van der Waals surface area (Å²) in [6.45, 7) is 0.742. The summed E-state index contributed by atoms with van der Waals surface area (Å²) in [5.41, 5.74) is 1.04. The summed E-state index contributed by atoms with van der Waals surface area (Å²) < 4.78 is 25.2. The molecule has 1 unspecified atom stereocenters. The molecule has 1 amide bonds. The van der Waals surface area contributed by atoms with Crippen LogP contribution in [0.5, 0.6) is 0 Å². The van der Waals surface area contributed by atoms with Crippen molar-refractivity contribution in [3.8, 4) is 0 Å². The lowest BCUT2D eigenvalue weighted by molar-refractivity contribution is -0.117. The average Bonchev–Trinajstić information content (AvgIpc) is 3.30. The number of rotatable bonds is 5. The van der Waals surface area contributed by atoms with Gasteiger partial charge in [0, 0.05) is 18.7 Å². The summed E-state index contributed by atoms with van der Waals surface area (Å²) in [4.78, 5) is 24.4. The van der Waals surface area contributed by atoms with Crippen LogP contribution in [0.1, 0.15) is 18.4 Å². The number of nitrogens with one attached hydrogen (secondary N) is 1. The van der Waals surface area contributed by atoms with Crippen molar-refractivity contribution in [1.29, 1.82) is 0 Å². The maximum atomic E-state index is 12.9. The standard InChI is InChI=1S/C19H18F2N4OS/c20-16(21)10-12-3-1-4-13(9-12)24-18(26)15-5-2-7-25(15)17-14-6-8-27-19(14)23-11-22-17/h1,3-4,6,8-9,11,15-16H,2,5,7,10H2,(H,24,26). The number of amides is 1. The van der Waals surface area contributed by atoms with E-state index in [4.69, 9.17) is 0 Å². The van der Waals surface area contributed by atoms with Crippen LogP contribution in [-0.2, 0) is 11.2 Å². The molecule has 0 saturated carbocycles. The number of carbonyl (C=O) groups is 1. The molecule has 27 heavy (non-hydrogen) atoms. The maximum absolute atomic E-state index is 12.9. The lowest BCUT2D eigenvalue weighted by Gasteiger charge is -2.25. The molecule has 1 aromatic carbocycles. The molecule has 1 aliphatic heterocycles. The number of thiophene rings is 1. The van der Waals surface area contributed by atoms with Gasteiger partial charge in [-0.05, 0) is 42.0 Å². The normalized spacial score (nSPS) is 17.0. The number of fused-ring (bicyclic) bond motifs is 1. The molecule has 1 aliphatic rings. The largest absolute Gasteiger partial charge is 0.344 e. The first-order valence-electron chi connectivity index (χ1n) is 8.74. The minimum absolute atomic E-state index is 0.149. The van der Waals surface area contributed by atoms with Crippen LogP contribution in [0.4, 0.5) is 20.3 Å². The second kappa shape index (κ2) is 7.56. The summed E-state index contributed by atoms with van der Waals surface area (Å²) >= 11 is 1.54. The number of benzene rings is 1. The second-order valence-electron chi connectivity index (χ2n) is 6.47. The van der Waals surface area contributed by atoms with Crippen molar-refractivity contribution in [3.05, 3.63) is 47.6 Å². The minimum atomic E-state index is -2.41. The number of halogens is 2. The number of hydrogen-bond donors (Lipinski definition) is 1. The Morgan fingerprint density at radius 3 is 3.07 bits per heavy atom. The van der Waals surface area contributed by atoms with Gasteiger partial charge < -0.3 is 10.2 Å². The van der Waals surface area contributed by atoms with E-state index in [-0.39, 0.29) is 18.4 Å². The van der Waals surface area contributed by atoms with Crippen LogP contribution in [0.2, 0.25) is 0 Å². The first kappa shape index (κ1) is 17.8. The number of alkyl halides is 2. The lowest BCUT2D eigenvalue weighted by atomic mass is 10.1. The molecule has 1 saturated heterocycles. The van der Waals surface area contributed by atoms with Crippen molar-refractivity contribution in [1.82, 2.24) is 9.97 Å². The molecule has 8 heteroatoms. The van der Waals surface area contributed by atoms with E-state index in [1.807, 2.05) is 16.3 Å². The van der Waals surface area contributed by atoms with E-state index in [9.17, 15) is 13.6 Å². The first-order valence-corrected chi connectivity index (χ1v) is 9.62. The van der Waals surface area contributed by atoms with Crippen molar-refractivity contribution >= 4 is 39.0 Å². The van der Waals surface area contributed by atoms with E-state index in [1.54, 1.807) is 24.3 Å².